The highest BCUT2D eigenvalue weighted by Gasteiger charge is 2.06. The lowest BCUT2D eigenvalue weighted by Crippen LogP contribution is -1.90. The van der Waals surface area contributed by atoms with Crippen molar-refractivity contribution < 1.29 is 4.79 Å². The van der Waals surface area contributed by atoms with Crippen LogP contribution in [0.3, 0.4) is 0 Å². The summed E-state index contributed by atoms with van der Waals surface area (Å²) in [5.41, 5.74) is 2.35. The van der Waals surface area contributed by atoms with Gasteiger partial charge in [-0.1, -0.05) is 44.0 Å². The lowest BCUT2D eigenvalue weighted by Gasteiger charge is -2.06. The molecule has 0 atom stereocenters. The summed E-state index contributed by atoms with van der Waals surface area (Å²) in [6.45, 7) is 6.28. The summed E-state index contributed by atoms with van der Waals surface area (Å²) >= 11 is 1.33. The molecule has 0 N–H and O–H groups in total. The molecule has 0 aliphatic carbocycles. The fourth-order valence-corrected chi connectivity index (χ4v) is 2.61. The molecule has 0 heterocycles. The van der Waals surface area contributed by atoms with Gasteiger partial charge in [0, 0.05) is 4.90 Å². The molecule has 18 heavy (non-hydrogen) atoms. The molecule has 0 spiro atoms. The van der Waals surface area contributed by atoms with Gasteiger partial charge in [-0.05, 0) is 55.7 Å². The number of allylic oxidation sites excluding steroid dienone is 1. The zero-order valence-corrected chi connectivity index (χ0v) is 12.3. The third-order valence-electron chi connectivity index (χ3n) is 2.84. The molecule has 0 saturated heterocycles. The summed E-state index contributed by atoms with van der Waals surface area (Å²) in [7, 11) is 0. The van der Waals surface area contributed by atoms with Crippen LogP contribution < -0.4 is 0 Å². The highest BCUT2D eigenvalue weighted by atomic mass is 32.2. The van der Waals surface area contributed by atoms with Crippen LogP contribution >= 0.6 is 11.8 Å². The van der Waals surface area contributed by atoms with E-state index in [1.807, 2.05) is 38.1 Å². The van der Waals surface area contributed by atoms with E-state index in [-0.39, 0.29) is 5.12 Å². The number of carbonyl (C=O) groups is 1. The SMILES string of the molecule is CCCCC/C=C/C(=O)Sc1c(C)cccc1C. The van der Waals surface area contributed by atoms with Crippen LogP contribution in [0.1, 0.15) is 43.7 Å². The third kappa shape index (κ3) is 5.09. The zero-order chi connectivity index (χ0) is 13.4. The summed E-state index contributed by atoms with van der Waals surface area (Å²) in [6.07, 6.45) is 8.35. The van der Waals surface area contributed by atoms with E-state index in [0.717, 1.165) is 11.3 Å². The maximum Gasteiger partial charge on any atom is 0.216 e. The van der Waals surface area contributed by atoms with Crippen LogP contribution in [0, 0.1) is 13.8 Å². The number of thioether (sulfide) groups is 1. The van der Waals surface area contributed by atoms with Crippen LogP contribution in [0.4, 0.5) is 0 Å². The highest BCUT2D eigenvalue weighted by molar-refractivity contribution is 8.14. The Morgan fingerprint density at radius 3 is 2.50 bits per heavy atom. The quantitative estimate of drug-likeness (QED) is 0.405. The van der Waals surface area contributed by atoms with Crippen LogP contribution in [0.25, 0.3) is 0 Å². The van der Waals surface area contributed by atoms with Gasteiger partial charge in [0.2, 0.25) is 5.12 Å². The molecule has 0 amide bonds. The lowest BCUT2D eigenvalue weighted by molar-refractivity contribution is -0.107. The Bertz CT molecular complexity index is 401. The second-order valence-corrected chi connectivity index (χ2v) is 5.55. The first-order valence-electron chi connectivity index (χ1n) is 6.59. The smallest absolute Gasteiger partial charge is 0.216 e. The number of hydrogen-bond acceptors (Lipinski definition) is 2. The van der Waals surface area contributed by atoms with Gasteiger partial charge in [0.15, 0.2) is 0 Å². The van der Waals surface area contributed by atoms with E-state index < -0.39 is 0 Å². The van der Waals surface area contributed by atoms with E-state index in [1.54, 1.807) is 6.08 Å². The van der Waals surface area contributed by atoms with E-state index in [0.29, 0.717) is 0 Å². The van der Waals surface area contributed by atoms with Crippen molar-refractivity contribution in [2.24, 2.45) is 0 Å². The largest absolute Gasteiger partial charge is 0.282 e. The molecule has 1 aromatic carbocycles. The van der Waals surface area contributed by atoms with Gasteiger partial charge in [0.1, 0.15) is 0 Å². The summed E-state index contributed by atoms with van der Waals surface area (Å²) in [5.74, 6) is 0. The first kappa shape index (κ1) is 15.0. The minimum Gasteiger partial charge on any atom is -0.282 e. The second kappa shape index (κ2) is 8.15. The van der Waals surface area contributed by atoms with Crippen molar-refractivity contribution >= 4 is 16.9 Å². The minimum absolute atomic E-state index is 0.129. The minimum atomic E-state index is 0.129. The molecule has 0 fully saturated rings. The molecule has 0 unspecified atom stereocenters. The maximum absolute atomic E-state index is 11.8. The van der Waals surface area contributed by atoms with Gasteiger partial charge in [-0.3, -0.25) is 4.79 Å². The Kier molecular flexibility index (Phi) is 6.81. The molecule has 0 aliphatic heterocycles. The fraction of sp³-hybridized carbons (Fsp3) is 0.438. The molecule has 0 bridgehead atoms. The molecular formula is C16H22OS. The lowest BCUT2D eigenvalue weighted by atomic mass is 10.2. The Morgan fingerprint density at radius 1 is 1.22 bits per heavy atom. The van der Waals surface area contributed by atoms with Gasteiger partial charge < -0.3 is 0 Å². The predicted molar refractivity (Wildman–Crippen MR) is 80.1 cm³/mol. The van der Waals surface area contributed by atoms with Gasteiger partial charge in [0.25, 0.3) is 0 Å². The Balaban J connectivity index is 2.49. The Hall–Kier alpha value is -1.02. The van der Waals surface area contributed by atoms with Crippen molar-refractivity contribution in [3.63, 3.8) is 0 Å². The number of aryl methyl sites for hydroxylation is 2. The third-order valence-corrected chi connectivity index (χ3v) is 4.03. The number of hydrogen-bond donors (Lipinski definition) is 0. The van der Waals surface area contributed by atoms with E-state index in [1.165, 1.54) is 42.2 Å². The molecule has 0 aliphatic rings. The summed E-state index contributed by atoms with van der Waals surface area (Å²) in [4.78, 5) is 12.9. The van der Waals surface area contributed by atoms with E-state index in [2.05, 4.69) is 6.92 Å². The Labute approximate surface area is 115 Å². The average Bonchev–Trinajstić information content (AvgIpc) is 2.34. The second-order valence-electron chi connectivity index (χ2n) is 4.54. The van der Waals surface area contributed by atoms with Crippen LogP contribution in [0.15, 0.2) is 35.2 Å². The summed E-state index contributed by atoms with van der Waals surface area (Å²) < 4.78 is 0. The highest BCUT2D eigenvalue weighted by Crippen LogP contribution is 2.27. The number of unbranched alkanes of at least 4 members (excludes halogenated alkanes) is 3. The van der Waals surface area contributed by atoms with Gasteiger partial charge in [-0.2, -0.15) is 0 Å². The normalized spacial score (nSPS) is 11.1. The molecule has 0 saturated carbocycles. The molecule has 0 radical (unpaired) electrons. The van der Waals surface area contributed by atoms with Crippen LogP contribution in [0.2, 0.25) is 0 Å². The van der Waals surface area contributed by atoms with Crippen LogP contribution in [0.5, 0.6) is 0 Å². The van der Waals surface area contributed by atoms with Gasteiger partial charge in [-0.15, -0.1) is 0 Å². The van der Waals surface area contributed by atoms with Crippen molar-refractivity contribution in [2.45, 2.75) is 51.3 Å². The van der Waals surface area contributed by atoms with Crippen molar-refractivity contribution in [3.8, 4) is 0 Å². The van der Waals surface area contributed by atoms with E-state index >= 15 is 0 Å². The number of benzene rings is 1. The summed E-state index contributed by atoms with van der Waals surface area (Å²) in [5, 5.41) is 0.129. The molecule has 1 rings (SSSR count). The monoisotopic (exact) mass is 262 g/mol. The molecule has 1 aromatic rings. The molecule has 0 aromatic heterocycles. The topological polar surface area (TPSA) is 17.1 Å². The average molecular weight is 262 g/mol. The van der Waals surface area contributed by atoms with Crippen LogP contribution in [-0.2, 0) is 4.79 Å². The Morgan fingerprint density at radius 2 is 1.89 bits per heavy atom. The van der Waals surface area contributed by atoms with Gasteiger partial charge in [0.05, 0.1) is 0 Å². The number of rotatable bonds is 6. The van der Waals surface area contributed by atoms with Crippen molar-refractivity contribution in [2.75, 3.05) is 0 Å². The zero-order valence-electron chi connectivity index (χ0n) is 11.5. The molecular weight excluding hydrogens is 240 g/mol. The summed E-state index contributed by atoms with van der Waals surface area (Å²) in [6, 6.07) is 6.13. The van der Waals surface area contributed by atoms with Crippen molar-refractivity contribution in [1.82, 2.24) is 0 Å². The molecule has 2 heteroatoms. The van der Waals surface area contributed by atoms with E-state index in [9.17, 15) is 4.79 Å². The maximum atomic E-state index is 11.8. The predicted octanol–water partition coefficient (Wildman–Crippen LogP) is 5.06. The van der Waals surface area contributed by atoms with Crippen molar-refractivity contribution in [3.05, 3.63) is 41.5 Å². The first-order valence-corrected chi connectivity index (χ1v) is 7.41. The van der Waals surface area contributed by atoms with E-state index in [4.69, 9.17) is 0 Å². The molecule has 98 valence electrons. The van der Waals surface area contributed by atoms with Crippen LogP contribution in [-0.4, -0.2) is 5.12 Å². The fourth-order valence-electron chi connectivity index (χ4n) is 1.79. The molecule has 1 nitrogen and oxygen atoms in total. The van der Waals surface area contributed by atoms with Gasteiger partial charge >= 0.3 is 0 Å². The van der Waals surface area contributed by atoms with Gasteiger partial charge in [-0.25, -0.2) is 0 Å². The first-order chi connectivity index (χ1) is 8.65. The standard InChI is InChI=1S/C16H22OS/c1-4-5-6-7-8-12-15(17)18-16-13(2)10-9-11-14(16)3/h8-12H,4-7H2,1-3H3/b12-8+. The number of carbonyl (C=O) groups excluding carboxylic acids is 1. The van der Waals surface area contributed by atoms with Crippen molar-refractivity contribution in [1.29, 1.82) is 0 Å².